The maximum absolute atomic E-state index is 12.4. The number of pyridine rings is 1. The van der Waals surface area contributed by atoms with Crippen LogP contribution in [0.3, 0.4) is 0 Å². The molecule has 6 heterocycles. The predicted molar refractivity (Wildman–Crippen MR) is 133 cm³/mol. The van der Waals surface area contributed by atoms with E-state index in [1.165, 1.54) is 0 Å². The van der Waals surface area contributed by atoms with Gasteiger partial charge in [-0.05, 0) is 50.5 Å². The minimum absolute atomic E-state index is 0.155. The van der Waals surface area contributed by atoms with E-state index < -0.39 is 6.61 Å². The highest BCUT2D eigenvalue weighted by atomic mass is 16.3. The van der Waals surface area contributed by atoms with Crippen LogP contribution in [0.25, 0.3) is 28.3 Å². The maximum atomic E-state index is 12.4. The van der Waals surface area contributed by atoms with Crippen LogP contribution in [0.2, 0.25) is 0 Å². The highest BCUT2D eigenvalue weighted by Gasteiger charge is 2.45. The number of fused-ring (bicyclic) bond motifs is 3. The van der Waals surface area contributed by atoms with Crippen LogP contribution in [-0.2, 0) is 4.79 Å². The van der Waals surface area contributed by atoms with Gasteiger partial charge in [0.25, 0.3) is 0 Å². The molecule has 1 saturated carbocycles. The van der Waals surface area contributed by atoms with Crippen LogP contribution in [-0.4, -0.2) is 64.2 Å². The molecule has 0 radical (unpaired) electrons. The molecule has 10 nitrogen and oxygen atoms in total. The van der Waals surface area contributed by atoms with Crippen LogP contribution in [0.5, 0.6) is 0 Å². The van der Waals surface area contributed by atoms with Crippen molar-refractivity contribution in [2.24, 2.45) is 0 Å². The highest BCUT2D eigenvalue weighted by Crippen LogP contribution is 2.50. The Morgan fingerprint density at radius 1 is 1.08 bits per heavy atom. The summed E-state index contributed by atoms with van der Waals surface area (Å²) in [5.41, 5.74) is 12.3. The fourth-order valence-corrected chi connectivity index (χ4v) is 6.34. The molecule has 2 aliphatic heterocycles. The number of piperidine rings is 1. The molecule has 3 atom stereocenters. The van der Waals surface area contributed by atoms with Gasteiger partial charge in [0.2, 0.25) is 5.91 Å². The molecule has 2 saturated heterocycles. The number of nitrogens with two attached hydrogens (primary N) is 1. The van der Waals surface area contributed by atoms with E-state index in [0.717, 1.165) is 78.1 Å². The topological polar surface area (TPSA) is 138 Å². The van der Waals surface area contributed by atoms with Crippen LogP contribution in [0.4, 0.5) is 5.82 Å². The molecule has 2 bridgehead atoms. The predicted octanol–water partition coefficient (Wildman–Crippen LogP) is 2.87. The molecule has 10 heteroatoms. The number of aromatic amines is 1. The summed E-state index contributed by atoms with van der Waals surface area (Å²) in [6.45, 7) is -0.423. The fraction of sp³-hybridized carbons (Fsp3) is 0.423. The second-order valence-corrected chi connectivity index (χ2v) is 10.2. The molecule has 0 unspecified atom stereocenters. The lowest BCUT2D eigenvalue weighted by Gasteiger charge is -2.39. The molecule has 0 aromatic carbocycles. The third-order valence-corrected chi connectivity index (χ3v) is 8.09. The molecule has 0 spiro atoms. The second-order valence-electron chi connectivity index (χ2n) is 10.2. The zero-order chi connectivity index (χ0) is 24.4. The standard InChI is InChI=1S/C26H28N8O2/c27-24-22(14-1-2-14)23(16-9-17-4-5-18(10-16)33(17)21(36)13-35)32-26-19(12-31-34(24)26)15-3-6-20(30-11-15)25-28-7-8-29-25/h3,6-8,11-12,14,16-18,35H,1-2,4-5,9-10,13,27H2,(H,28,29)/t16-,17-,18+. The molecule has 7 rings (SSSR count). The SMILES string of the molecule is Nc1c(C2CC2)c([C@@H]2C[C@H]3CC[C@@H](C2)N3C(=O)CO)nc2c(-c3ccc(-c4ncc[nH]4)nc3)cnn12. The van der Waals surface area contributed by atoms with Gasteiger partial charge in [-0.1, -0.05) is 6.07 Å². The zero-order valence-electron chi connectivity index (χ0n) is 19.8. The first kappa shape index (κ1) is 21.5. The molecule has 1 aliphatic carbocycles. The minimum Gasteiger partial charge on any atom is -0.387 e. The minimum atomic E-state index is -0.423. The van der Waals surface area contributed by atoms with E-state index in [4.69, 9.17) is 10.7 Å². The van der Waals surface area contributed by atoms with Gasteiger partial charge in [0.05, 0.1) is 11.9 Å². The number of carbonyl (C=O) groups is 1. The molecular weight excluding hydrogens is 456 g/mol. The Balaban J connectivity index is 1.29. The molecule has 4 aromatic rings. The maximum Gasteiger partial charge on any atom is 0.248 e. The van der Waals surface area contributed by atoms with Gasteiger partial charge in [-0.15, -0.1) is 0 Å². The summed E-state index contributed by atoms with van der Waals surface area (Å²) in [5.74, 6) is 1.89. The average molecular weight is 485 g/mol. The van der Waals surface area contributed by atoms with E-state index in [1.807, 2.05) is 29.4 Å². The number of carbonyl (C=O) groups excluding carboxylic acids is 1. The molecular formula is C26H28N8O2. The second kappa shape index (κ2) is 8.12. The number of H-pyrrole nitrogens is 1. The Morgan fingerprint density at radius 3 is 2.53 bits per heavy atom. The third kappa shape index (κ3) is 3.31. The molecule has 36 heavy (non-hydrogen) atoms. The van der Waals surface area contributed by atoms with Crippen molar-refractivity contribution in [1.82, 2.24) is 34.4 Å². The largest absolute Gasteiger partial charge is 0.387 e. The van der Waals surface area contributed by atoms with E-state index in [1.54, 1.807) is 16.9 Å². The highest BCUT2D eigenvalue weighted by molar-refractivity contribution is 5.80. The van der Waals surface area contributed by atoms with Gasteiger partial charge in [-0.25, -0.2) is 9.97 Å². The smallest absolute Gasteiger partial charge is 0.248 e. The molecule has 3 aliphatic rings. The van der Waals surface area contributed by atoms with Crippen LogP contribution < -0.4 is 5.73 Å². The van der Waals surface area contributed by atoms with E-state index in [0.29, 0.717) is 11.7 Å². The lowest BCUT2D eigenvalue weighted by molar-refractivity contribution is -0.138. The normalized spacial score (nSPS) is 23.5. The number of aliphatic hydroxyl groups excluding tert-OH is 1. The lowest BCUT2D eigenvalue weighted by atomic mass is 9.85. The van der Waals surface area contributed by atoms with E-state index in [-0.39, 0.29) is 23.9 Å². The monoisotopic (exact) mass is 484 g/mol. The van der Waals surface area contributed by atoms with Crippen molar-refractivity contribution in [3.63, 3.8) is 0 Å². The summed E-state index contributed by atoms with van der Waals surface area (Å²) in [6.07, 6.45) is 13.0. The van der Waals surface area contributed by atoms with E-state index >= 15 is 0 Å². The van der Waals surface area contributed by atoms with Crippen molar-refractivity contribution in [2.45, 2.75) is 62.4 Å². The van der Waals surface area contributed by atoms with Gasteiger partial charge in [-0.3, -0.25) is 9.78 Å². The van der Waals surface area contributed by atoms with Crippen LogP contribution in [0.1, 0.15) is 61.6 Å². The molecule has 4 N–H and O–H groups in total. The van der Waals surface area contributed by atoms with Gasteiger partial charge in [0.1, 0.15) is 18.1 Å². The lowest BCUT2D eigenvalue weighted by Crippen LogP contribution is -2.47. The number of imidazole rings is 1. The number of hydrogen-bond acceptors (Lipinski definition) is 7. The summed E-state index contributed by atoms with van der Waals surface area (Å²) in [4.78, 5) is 31.5. The number of nitrogen functional groups attached to an aromatic ring is 1. The fourth-order valence-electron chi connectivity index (χ4n) is 6.34. The number of hydrogen-bond donors (Lipinski definition) is 3. The van der Waals surface area contributed by atoms with Crippen molar-refractivity contribution in [2.75, 3.05) is 12.3 Å². The molecule has 3 fully saturated rings. The number of aromatic nitrogens is 6. The Kier molecular flexibility index (Phi) is 4.85. The number of nitrogens with zero attached hydrogens (tertiary/aromatic N) is 6. The van der Waals surface area contributed by atoms with Crippen molar-refractivity contribution < 1.29 is 9.90 Å². The zero-order valence-corrected chi connectivity index (χ0v) is 19.8. The number of amides is 1. The number of rotatable bonds is 5. The van der Waals surface area contributed by atoms with Crippen molar-refractivity contribution in [3.05, 3.63) is 48.2 Å². The van der Waals surface area contributed by atoms with Crippen molar-refractivity contribution in [3.8, 4) is 22.6 Å². The van der Waals surface area contributed by atoms with E-state index in [9.17, 15) is 9.90 Å². The summed E-state index contributed by atoms with van der Waals surface area (Å²) >= 11 is 0. The van der Waals surface area contributed by atoms with Gasteiger partial charge >= 0.3 is 0 Å². The van der Waals surface area contributed by atoms with Gasteiger partial charge in [0.15, 0.2) is 11.5 Å². The van der Waals surface area contributed by atoms with Crippen LogP contribution in [0, 0.1) is 0 Å². The Hall–Kier alpha value is -3.79. The summed E-state index contributed by atoms with van der Waals surface area (Å²) in [6, 6.07) is 4.25. The number of anilines is 1. The average Bonchev–Trinajstić information content (AvgIpc) is 3.29. The summed E-state index contributed by atoms with van der Waals surface area (Å²) < 4.78 is 1.77. The first-order chi connectivity index (χ1) is 17.6. The third-order valence-electron chi connectivity index (χ3n) is 8.09. The van der Waals surface area contributed by atoms with Crippen molar-refractivity contribution in [1.29, 1.82) is 0 Å². The summed E-state index contributed by atoms with van der Waals surface area (Å²) in [7, 11) is 0. The Labute approximate surface area is 207 Å². The molecule has 184 valence electrons. The first-order valence-electron chi connectivity index (χ1n) is 12.7. The Morgan fingerprint density at radius 2 is 1.89 bits per heavy atom. The van der Waals surface area contributed by atoms with Crippen molar-refractivity contribution >= 4 is 17.4 Å². The van der Waals surface area contributed by atoms with Gasteiger partial charge in [-0.2, -0.15) is 9.61 Å². The first-order valence-corrected chi connectivity index (χ1v) is 12.7. The van der Waals surface area contributed by atoms with Gasteiger partial charge in [0, 0.05) is 53.3 Å². The quantitative estimate of drug-likeness (QED) is 0.396. The number of nitrogens with one attached hydrogen (secondary N) is 1. The molecule has 1 amide bonds. The summed E-state index contributed by atoms with van der Waals surface area (Å²) in [5, 5.41) is 14.1. The molecule has 4 aromatic heterocycles. The van der Waals surface area contributed by atoms with E-state index in [2.05, 4.69) is 20.1 Å². The Bertz CT molecular complexity index is 1430. The van der Waals surface area contributed by atoms with Crippen LogP contribution in [0.15, 0.2) is 36.9 Å². The van der Waals surface area contributed by atoms with Gasteiger partial charge < -0.3 is 20.7 Å². The number of aliphatic hydroxyl groups is 1. The van der Waals surface area contributed by atoms with Crippen LogP contribution >= 0.6 is 0 Å².